The van der Waals surface area contributed by atoms with E-state index in [9.17, 15) is 9.90 Å². The molecule has 1 heterocycles. The molecule has 1 aliphatic rings. The summed E-state index contributed by atoms with van der Waals surface area (Å²) < 4.78 is 11.2. The predicted octanol–water partition coefficient (Wildman–Crippen LogP) is 2.83. The van der Waals surface area contributed by atoms with E-state index in [2.05, 4.69) is 5.32 Å². The third-order valence-electron chi connectivity index (χ3n) is 4.45. The van der Waals surface area contributed by atoms with Crippen LogP contribution in [-0.2, 0) is 4.79 Å². The Bertz CT molecular complexity index is 935. The number of aliphatic hydroxyl groups excluding tert-OH is 1. The Kier molecular flexibility index (Phi) is 4.46. The van der Waals surface area contributed by atoms with Crippen molar-refractivity contribution >= 4 is 16.7 Å². The van der Waals surface area contributed by atoms with Crippen molar-refractivity contribution in [2.75, 3.05) is 13.2 Å². The van der Waals surface area contributed by atoms with Crippen LogP contribution < -0.4 is 14.8 Å². The highest BCUT2D eigenvalue weighted by Crippen LogP contribution is 2.31. The van der Waals surface area contributed by atoms with E-state index < -0.39 is 12.2 Å². The fraction of sp³-hybridized carbons (Fsp3) is 0.190. The summed E-state index contributed by atoms with van der Waals surface area (Å²) in [6, 6.07) is 20.9. The zero-order valence-electron chi connectivity index (χ0n) is 14.1. The Morgan fingerprint density at radius 2 is 1.77 bits per heavy atom. The van der Waals surface area contributed by atoms with Crippen molar-refractivity contribution in [3.8, 4) is 11.5 Å². The number of fused-ring (bicyclic) bond motifs is 2. The molecule has 2 atom stereocenters. The molecule has 5 nitrogen and oxygen atoms in total. The number of hydrogen-bond acceptors (Lipinski definition) is 4. The molecule has 0 saturated carbocycles. The van der Waals surface area contributed by atoms with E-state index in [-0.39, 0.29) is 19.1 Å². The van der Waals surface area contributed by atoms with Crippen molar-refractivity contribution in [1.29, 1.82) is 0 Å². The molecule has 0 saturated heterocycles. The fourth-order valence-electron chi connectivity index (χ4n) is 3.11. The van der Waals surface area contributed by atoms with E-state index in [0.717, 1.165) is 16.3 Å². The summed E-state index contributed by atoms with van der Waals surface area (Å²) in [4.78, 5) is 12.4. The molecule has 0 fully saturated rings. The van der Waals surface area contributed by atoms with Crippen LogP contribution in [0.25, 0.3) is 10.8 Å². The molecule has 3 aromatic rings. The largest absolute Gasteiger partial charge is 0.485 e. The predicted molar refractivity (Wildman–Crippen MR) is 98.3 cm³/mol. The molecule has 2 N–H and O–H groups in total. The molecule has 0 aromatic heterocycles. The normalized spacial score (nSPS) is 16.9. The van der Waals surface area contributed by atoms with Gasteiger partial charge in [-0.1, -0.05) is 54.6 Å². The van der Waals surface area contributed by atoms with Gasteiger partial charge in [0.25, 0.3) is 5.91 Å². The van der Waals surface area contributed by atoms with Gasteiger partial charge in [-0.3, -0.25) is 4.79 Å². The van der Waals surface area contributed by atoms with Crippen LogP contribution in [0, 0.1) is 0 Å². The van der Waals surface area contributed by atoms with Crippen molar-refractivity contribution in [2.45, 2.75) is 12.2 Å². The van der Waals surface area contributed by atoms with Crippen molar-refractivity contribution in [1.82, 2.24) is 5.32 Å². The molecule has 1 amide bonds. The molecule has 1 aliphatic heterocycles. The number of rotatable bonds is 4. The second-order valence-electron chi connectivity index (χ2n) is 6.19. The fourth-order valence-corrected chi connectivity index (χ4v) is 3.11. The van der Waals surface area contributed by atoms with Crippen LogP contribution in [0.2, 0.25) is 0 Å². The standard InChI is InChI=1S/C21H19NO4/c23-17(16-9-5-7-14-6-1-2-8-15(14)16)12-22-21(24)20-13-25-18-10-3-4-11-19(18)26-20/h1-11,17,20,23H,12-13H2,(H,22,24). The Morgan fingerprint density at radius 1 is 1.04 bits per heavy atom. The van der Waals surface area contributed by atoms with Gasteiger partial charge < -0.3 is 19.9 Å². The highest BCUT2D eigenvalue weighted by Gasteiger charge is 2.27. The first-order chi connectivity index (χ1) is 12.7. The topological polar surface area (TPSA) is 67.8 Å². The molecular weight excluding hydrogens is 330 g/mol. The van der Waals surface area contributed by atoms with Crippen molar-refractivity contribution in [3.05, 3.63) is 72.3 Å². The lowest BCUT2D eigenvalue weighted by Gasteiger charge is -2.26. The van der Waals surface area contributed by atoms with Gasteiger partial charge in [0.05, 0.1) is 6.10 Å². The van der Waals surface area contributed by atoms with E-state index in [4.69, 9.17) is 9.47 Å². The van der Waals surface area contributed by atoms with Crippen LogP contribution in [0.3, 0.4) is 0 Å². The highest BCUT2D eigenvalue weighted by atomic mass is 16.6. The summed E-state index contributed by atoms with van der Waals surface area (Å²) in [5.41, 5.74) is 0.787. The van der Waals surface area contributed by atoms with Gasteiger partial charge in [-0.05, 0) is 28.5 Å². The first kappa shape index (κ1) is 16.4. The van der Waals surface area contributed by atoms with Gasteiger partial charge in [-0.25, -0.2) is 0 Å². The second kappa shape index (κ2) is 7.06. The van der Waals surface area contributed by atoms with Gasteiger partial charge in [0.1, 0.15) is 6.61 Å². The maximum absolute atomic E-state index is 12.4. The Morgan fingerprint density at radius 3 is 2.65 bits per heavy atom. The van der Waals surface area contributed by atoms with E-state index in [1.54, 1.807) is 12.1 Å². The molecule has 0 spiro atoms. The van der Waals surface area contributed by atoms with Crippen molar-refractivity contribution in [2.24, 2.45) is 0 Å². The monoisotopic (exact) mass is 349 g/mol. The summed E-state index contributed by atoms with van der Waals surface area (Å²) in [6.07, 6.45) is -1.54. The molecular formula is C21H19NO4. The maximum Gasteiger partial charge on any atom is 0.264 e. The first-order valence-corrected chi connectivity index (χ1v) is 8.54. The van der Waals surface area contributed by atoms with Crippen LogP contribution in [0.1, 0.15) is 11.7 Å². The van der Waals surface area contributed by atoms with Gasteiger partial charge in [0.2, 0.25) is 6.10 Å². The average molecular weight is 349 g/mol. The summed E-state index contributed by atoms with van der Waals surface area (Å²) in [5, 5.41) is 15.3. The Labute approximate surface area is 151 Å². The molecule has 0 radical (unpaired) electrons. The van der Waals surface area contributed by atoms with E-state index in [1.807, 2.05) is 54.6 Å². The molecule has 132 valence electrons. The first-order valence-electron chi connectivity index (χ1n) is 8.54. The number of amides is 1. The Balaban J connectivity index is 1.41. The number of para-hydroxylation sites is 2. The zero-order chi connectivity index (χ0) is 17.9. The molecule has 4 rings (SSSR count). The number of carbonyl (C=O) groups excluding carboxylic acids is 1. The maximum atomic E-state index is 12.4. The molecule has 0 bridgehead atoms. The van der Waals surface area contributed by atoms with Crippen LogP contribution in [0.15, 0.2) is 66.7 Å². The van der Waals surface area contributed by atoms with Gasteiger partial charge in [-0.2, -0.15) is 0 Å². The summed E-state index contributed by atoms with van der Waals surface area (Å²) in [5.74, 6) is 0.875. The zero-order valence-corrected chi connectivity index (χ0v) is 14.1. The number of carbonyl (C=O) groups is 1. The van der Waals surface area contributed by atoms with Gasteiger partial charge >= 0.3 is 0 Å². The van der Waals surface area contributed by atoms with Crippen molar-refractivity contribution < 1.29 is 19.4 Å². The van der Waals surface area contributed by atoms with Crippen LogP contribution >= 0.6 is 0 Å². The number of aliphatic hydroxyl groups is 1. The third kappa shape index (κ3) is 3.21. The van der Waals surface area contributed by atoms with E-state index >= 15 is 0 Å². The van der Waals surface area contributed by atoms with Crippen LogP contribution in [0.4, 0.5) is 0 Å². The minimum atomic E-state index is -0.804. The summed E-state index contributed by atoms with van der Waals surface area (Å²) in [6.45, 7) is 0.252. The number of nitrogens with one attached hydrogen (secondary N) is 1. The Hall–Kier alpha value is -3.05. The lowest BCUT2D eigenvalue weighted by atomic mass is 10.0. The molecule has 2 unspecified atom stereocenters. The molecule has 0 aliphatic carbocycles. The van der Waals surface area contributed by atoms with Gasteiger partial charge in [0.15, 0.2) is 11.5 Å². The lowest BCUT2D eigenvalue weighted by molar-refractivity contribution is -0.130. The van der Waals surface area contributed by atoms with Gasteiger partial charge in [-0.15, -0.1) is 0 Å². The van der Waals surface area contributed by atoms with Crippen molar-refractivity contribution in [3.63, 3.8) is 0 Å². The smallest absolute Gasteiger partial charge is 0.264 e. The average Bonchev–Trinajstić information content (AvgIpc) is 2.71. The highest BCUT2D eigenvalue weighted by molar-refractivity contribution is 5.86. The molecule has 26 heavy (non-hydrogen) atoms. The number of hydrogen-bond donors (Lipinski definition) is 2. The van der Waals surface area contributed by atoms with Crippen LogP contribution in [0.5, 0.6) is 11.5 Å². The SMILES string of the molecule is O=C(NCC(O)c1cccc2ccccc12)C1COc2ccccc2O1. The second-order valence-corrected chi connectivity index (χ2v) is 6.19. The number of benzene rings is 3. The van der Waals surface area contributed by atoms with Gasteiger partial charge in [0, 0.05) is 6.54 Å². The third-order valence-corrected chi connectivity index (χ3v) is 4.45. The molecule has 5 heteroatoms. The van der Waals surface area contributed by atoms with Crippen LogP contribution in [-0.4, -0.2) is 30.3 Å². The minimum Gasteiger partial charge on any atom is -0.485 e. The quantitative estimate of drug-likeness (QED) is 0.760. The summed E-state index contributed by atoms with van der Waals surface area (Å²) >= 11 is 0. The lowest BCUT2D eigenvalue weighted by Crippen LogP contribution is -2.45. The molecule has 3 aromatic carbocycles. The number of ether oxygens (including phenoxy) is 2. The minimum absolute atomic E-state index is 0.106. The summed E-state index contributed by atoms with van der Waals surface area (Å²) in [7, 11) is 0. The van der Waals surface area contributed by atoms with E-state index in [0.29, 0.717) is 11.5 Å². The van der Waals surface area contributed by atoms with E-state index in [1.165, 1.54) is 0 Å².